The van der Waals surface area contributed by atoms with E-state index < -0.39 is 15.4 Å². The van der Waals surface area contributed by atoms with Crippen molar-refractivity contribution in [1.29, 1.82) is 0 Å². The first-order chi connectivity index (χ1) is 7.49. The molecule has 0 radical (unpaired) electrons. The van der Waals surface area contributed by atoms with Crippen molar-refractivity contribution in [2.45, 2.75) is 24.5 Å². The van der Waals surface area contributed by atoms with Crippen molar-refractivity contribution in [2.75, 3.05) is 11.5 Å². The van der Waals surface area contributed by atoms with Crippen LogP contribution in [-0.2, 0) is 16.3 Å². The molecule has 0 spiro atoms. The predicted molar refractivity (Wildman–Crippen MR) is 59.8 cm³/mol. The van der Waals surface area contributed by atoms with Crippen molar-refractivity contribution in [2.24, 2.45) is 0 Å². The molecule has 2 heterocycles. The van der Waals surface area contributed by atoms with E-state index in [-0.39, 0.29) is 16.7 Å². The topological polar surface area (TPSA) is 106 Å². The first-order valence-corrected chi connectivity index (χ1v) is 6.76. The number of sulfone groups is 1. The molecule has 3 N–H and O–H groups in total. The van der Waals surface area contributed by atoms with E-state index in [1.165, 1.54) is 6.07 Å². The lowest BCUT2D eigenvalue weighted by Crippen LogP contribution is -2.21. The first kappa shape index (κ1) is 11.1. The van der Waals surface area contributed by atoms with Crippen molar-refractivity contribution in [3.8, 4) is 0 Å². The summed E-state index contributed by atoms with van der Waals surface area (Å²) in [6.07, 6.45) is 1.68. The summed E-state index contributed by atoms with van der Waals surface area (Å²) >= 11 is 0. The number of hydrogen-bond acceptors (Lipinski definition) is 5. The molecule has 1 aromatic heterocycles. The second kappa shape index (κ2) is 3.89. The predicted octanol–water partition coefficient (Wildman–Crippen LogP) is -0.528. The second-order valence-corrected chi connectivity index (χ2v) is 6.38. The number of nitrogen functional groups attached to an aromatic ring is 1. The fourth-order valence-corrected chi connectivity index (χ4v) is 3.74. The molecule has 6 nitrogen and oxygen atoms in total. The molecule has 1 unspecified atom stereocenters. The summed E-state index contributed by atoms with van der Waals surface area (Å²) in [5.74, 6) is 0.247. The lowest BCUT2D eigenvalue weighted by atomic mass is 10.1. The van der Waals surface area contributed by atoms with Crippen molar-refractivity contribution >= 4 is 15.5 Å². The minimum atomic E-state index is -2.98. The number of aromatic amines is 1. The highest BCUT2D eigenvalue weighted by molar-refractivity contribution is 7.92. The third-order valence-corrected chi connectivity index (χ3v) is 5.06. The van der Waals surface area contributed by atoms with E-state index in [1.807, 2.05) is 0 Å². The zero-order chi connectivity index (χ0) is 11.8. The Bertz CT molecular complexity index is 549. The quantitative estimate of drug-likeness (QED) is 0.726. The number of anilines is 1. The Kier molecular flexibility index (Phi) is 2.71. The van der Waals surface area contributed by atoms with E-state index in [2.05, 4.69) is 10.2 Å². The minimum Gasteiger partial charge on any atom is -0.394 e. The number of nitrogens with one attached hydrogen (secondary N) is 1. The first-order valence-electron chi connectivity index (χ1n) is 5.05. The van der Waals surface area contributed by atoms with Gasteiger partial charge in [-0.3, -0.25) is 4.79 Å². The van der Waals surface area contributed by atoms with Crippen LogP contribution in [-0.4, -0.2) is 29.6 Å². The van der Waals surface area contributed by atoms with Crippen molar-refractivity contribution in [3.63, 3.8) is 0 Å². The molecule has 0 amide bonds. The second-order valence-electron chi connectivity index (χ2n) is 3.98. The Balaban J connectivity index is 2.21. The molecule has 2 rings (SSSR count). The number of rotatable bonds is 2. The highest BCUT2D eigenvalue weighted by Gasteiger charge is 2.31. The summed E-state index contributed by atoms with van der Waals surface area (Å²) in [5.41, 5.74) is 5.57. The molecule has 0 aliphatic carbocycles. The van der Waals surface area contributed by atoms with E-state index >= 15 is 0 Å². The van der Waals surface area contributed by atoms with Crippen LogP contribution in [0.15, 0.2) is 10.9 Å². The van der Waals surface area contributed by atoms with Crippen LogP contribution in [0.5, 0.6) is 0 Å². The fourth-order valence-electron chi connectivity index (χ4n) is 1.89. The minimum absolute atomic E-state index is 0.0698. The molecule has 0 saturated carbocycles. The molecule has 1 fully saturated rings. The van der Waals surface area contributed by atoms with Gasteiger partial charge in [0.05, 0.1) is 16.7 Å². The summed E-state index contributed by atoms with van der Waals surface area (Å²) in [6.45, 7) is 0. The normalized spacial score (nSPS) is 23.4. The number of hydrogen-bond donors (Lipinski definition) is 2. The average Bonchev–Trinajstić information content (AvgIpc) is 2.52. The number of nitrogens with two attached hydrogens (primary N) is 1. The Morgan fingerprint density at radius 2 is 2.31 bits per heavy atom. The van der Waals surface area contributed by atoms with Crippen LogP contribution in [0.3, 0.4) is 0 Å². The lowest BCUT2D eigenvalue weighted by molar-refractivity contribution is 0.587. The van der Waals surface area contributed by atoms with E-state index in [9.17, 15) is 13.2 Å². The van der Waals surface area contributed by atoms with Gasteiger partial charge < -0.3 is 5.73 Å². The Hall–Kier alpha value is -1.37. The lowest BCUT2D eigenvalue weighted by Gasteiger charge is -2.08. The van der Waals surface area contributed by atoms with Gasteiger partial charge >= 0.3 is 0 Å². The van der Waals surface area contributed by atoms with Gasteiger partial charge in [0, 0.05) is 6.42 Å². The summed E-state index contributed by atoms with van der Waals surface area (Å²) in [7, 11) is -2.98. The monoisotopic (exact) mass is 243 g/mol. The van der Waals surface area contributed by atoms with Crippen LogP contribution in [0.1, 0.15) is 18.5 Å². The van der Waals surface area contributed by atoms with Crippen molar-refractivity contribution in [3.05, 3.63) is 22.1 Å². The Morgan fingerprint density at radius 1 is 1.56 bits per heavy atom. The molecule has 1 aromatic rings. The molecule has 1 aliphatic heterocycles. The third kappa shape index (κ3) is 2.08. The Labute approximate surface area is 92.8 Å². The maximum atomic E-state index is 11.6. The zero-order valence-electron chi connectivity index (χ0n) is 8.64. The van der Waals surface area contributed by atoms with Gasteiger partial charge in [0.2, 0.25) is 0 Å². The zero-order valence-corrected chi connectivity index (χ0v) is 9.46. The largest absolute Gasteiger partial charge is 0.394 e. The maximum absolute atomic E-state index is 11.6. The molecular formula is C9H13N3O3S. The molecule has 7 heteroatoms. The van der Waals surface area contributed by atoms with Crippen LogP contribution in [0.4, 0.5) is 5.69 Å². The fraction of sp³-hybridized carbons (Fsp3) is 0.556. The number of aromatic nitrogens is 2. The molecule has 88 valence electrons. The standard InChI is InChI=1S/C9H13N3O3S/c10-8-5-6(11-12-9(8)13)4-7-2-1-3-16(7,14)15/h5,7H,1-4H2,(H2,10,11)(H,12,13). The van der Waals surface area contributed by atoms with E-state index in [4.69, 9.17) is 5.73 Å². The summed E-state index contributed by atoms with van der Waals surface area (Å²) < 4.78 is 23.2. The van der Waals surface area contributed by atoms with Crippen LogP contribution in [0.25, 0.3) is 0 Å². The Morgan fingerprint density at radius 3 is 2.88 bits per heavy atom. The number of nitrogens with zero attached hydrogens (tertiary/aromatic N) is 1. The van der Waals surface area contributed by atoms with Gasteiger partial charge in [-0.05, 0) is 18.9 Å². The highest BCUT2D eigenvalue weighted by atomic mass is 32.2. The van der Waals surface area contributed by atoms with Crippen LogP contribution in [0, 0.1) is 0 Å². The SMILES string of the molecule is Nc1cc(CC2CCCS2(=O)=O)n[nH]c1=O. The molecule has 16 heavy (non-hydrogen) atoms. The van der Waals surface area contributed by atoms with Gasteiger partial charge in [0.1, 0.15) is 5.69 Å². The summed E-state index contributed by atoms with van der Waals surface area (Å²) in [5, 5.41) is 5.65. The molecule has 1 saturated heterocycles. The van der Waals surface area contributed by atoms with Gasteiger partial charge in [-0.25, -0.2) is 13.5 Å². The van der Waals surface area contributed by atoms with E-state index in [0.717, 1.165) is 0 Å². The van der Waals surface area contributed by atoms with Crippen molar-refractivity contribution < 1.29 is 8.42 Å². The van der Waals surface area contributed by atoms with E-state index in [0.29, 0.717) is 25.0 Å². The average molecular weight is 243 g/mol. The molecular weight excluding hydrogens is 230 g/mol. The van der Waals surface area contributed by atoms with Gasteiger partial charge in [-0.1, -0.05) is 0 Å². The summed E-state index contributed by atoms with van der Waals surface area (Å²) in [6, 6.07) is 1.44. The van der Waals surface area contributed by atoms with Crippen molar-refractivity contribution in [1.82, 2.24) is 10.2 Å². The third-order valence-electron chi connectivity index (χ3n) is 2.78. The smallest absolute Gasteiger partial charge is 0.287 e. The van der Waals surface area contributed by atoms with Crippen LogP contribution < -0.4 is 11.3 Å². The molecule has 1 aliphatic rings. The highest BCUT2D eigenvalue weighted by Crippen LogP contribution is 2.22. The maximum Gasteiger partial charge on any atom is 0.287 e. The molecule has 0 bridgehead atoms. The molecule has 1 atom stereocenters. The molecule has 0 aromatic carbocycles. The van der Waals surface area contributed by atoms with Gasteiger partial charge in [0.25, 0.3) is 5.56 Å². The summed E-state index contributed by atoms with van der Waals surface area (Å²) in [4.78, 5) is 11.0. The van der Waals surface area contributed by atoms with Crippen LogP contribution >= 0.6 is 0 Å². The van der Waals surface area contributed by atoms with E-state index in [1.54, 1.807) is 0 Å². The van der Waals surface area contributed by atoms with Gasteiger partial charge in [0.15, 0.2) is 9.84 Å². The van der Waals surface area contributed by atoms with Gasteiger partial charge in [-0.15, -0.1) is 0 Å². The van der Waals surface area contributed by atoms with Gasteiger partial charge in [-0.2, -0.15) is 5.10 Å². The number of H-pyrrole nitrogens is 1. The van der Waals surface area contributed by atoms with Crippen LogP contribution in [0.2, 0.25) is 0 Å².